The topological polar surface area (TPSA) is 53.1 Å². The van der Waals surface area contributed by atoms with Gasteiger partial charge in [0, 0.05) is 36.6 Å². The number of benzene rings is 1. The third-order valence-corrected chi connectivity index (χ3v) is 5.31. The van der Waals surface area contributed by atoms with Gasteiger partial charge in [-0.25, -0.2) is 9.97 Å². The van der Waals surface area contributed by atoms with E-state index in [1.165, 1.54) is 44.2 Å². The Morgan fingerprint density at radius 1 is 0.926 bits per heavy atom. The maximum Gasteiger partial charge on any atom is 0.136 e. The van der Waals surface area contributed by atoms with Gasteiger partial charge in [-0.05, 0) is 57.9 Å². The fourth-order valence-corrected chi connectivity index (χ4v) is 3.83. The van der Waals surface area contributed by atoms with Crippen LogP contribution in [0.1, 0.15) is 58.2 Å². The zero-order chi connectivity index (χ0) is 19.1. The minimum absolute atomic E-state index is 0.531. The van der Waals surface area contributed by atoms with Gasteiger partial charge in [0.15, 0.2) is 0 Å². The van der Waals surface area contributed by atoms with Crippen molar-refractivity contribution in [3.63, 3.8) is 0 Å². The number of aromatic nitrogens is 2. The van der Waals surface area contributed by atoms with E-state index in [9.17, 15) is 0 Å². The van der Waals surface area contributed by atoms with Crippen LogP contribution in [0.4, 0.5) is 23.0 Å². The molecule has 146 valence electrons. The minimum atomic E-state index is 0.531. The molecule has 2 N–H and O–H groups in total. The Morgan fingerprint density at radius 2 is 1.56 bits per heavy atom. The van der Waals surface area contributed by atoms with Crippen LogP contribution < -0.4 is 15.5 Å². The lowest BCUT2D eigenvalue weighted by Crippen LogP contribution is -2.21. The lowest BCUT2D eigenvalue weighted by Gasteiger charge is -2.21. The molecule has 1 heterocycles. The van der Waals surface area contributed by atoms with Gasteiger partial charge in [-0.1, -0.05) is 25.7 Å². The summed E-state index contributed by atoms with van der Waals surface area (Å²) in [4.78, 5) is 11.5. The summed E-state index contributed by atoms with van der Waals surface area (Å²) in [5.74, 6) is 2.56. The van der Waals surface area contributed by atoms with Crippen molar-refractivity contribution in [2.24, 2.45) is 0 Å². The quantitative estimate of drug-likeness (QED) is 0.632. The summed E-state index contributed by atoms with van der Waals surface area (Å²) < 4.78 is 0. The van der Waals surface area contributed by atoms with Gasteiger partial charge < -0.3 is 15.5 Å². The third-order valence-electron chi connectivity index (χ3n) is 5.31. The Labute approximate surface area is 163 Å². The number of anilines is 4. The largest absolute Gasteiger partial charge is 0.372 e. The number of hydrogen-bond acceptors (Lipinski definition) is 5. The highest BCUT2D eigenvalue weighted by Crippen LogP contribution is 2.24. The van der Waals surface area contributed by atoms with Gasteiger partial charge in [0.05, 0.1) is 0 Å². The standard InChI is InChI=1S/C22H33N5/c1-4-27(5-2)20-14-12-19(13-15-20)26-22-16-21(23-17(3)24-22)25-18-10-8-6-7-9-11-18/h12-16,18H,4-11H2,1-3H3,(H2,23,24,25,26). The van der Waals surface area contributed by atoms with Crippen LogP contribution in [0.15, 0.2) is 30.3 Å². The van der Waals surface area contributed by atoms with Crippen molar-refractivity contribution in [3.05, 3.63) is 36.2 Å². The number of nitrogens with one attached hydrogen (secondary N) is 2. The fourth-order valence-electron chi connectivity index (χ4n) is 3.83. The Morgan fingerprint density at radius 3 is 2.19 bits per heavy atom. The molecule has 1 aromatic heterocycles. The molecule has 3 rings (SSSR count). The fraction of sp³-hybridized carbons (Fsp3) is 0.545. The molecule has 0 aliphatic heterocycles. The normalized spacial score (nSPS) is 15.2. The van der Waals surface area contributed by atoms with Crippen molar-refractivity contribution < 1.29 is 0 Å². The van der Waals surface area contributed by atoms with Crippen LogP contribution in [-0.4, -0.2) is 29.1 Å². The van der Waals surface area contributed by atoms with Crippen molar-refractivity contribution in [1.82, 2.24) is 9.97 Å². The molecule has 0 radical (unpaired) electrons. The molecule has 0 unspecified atom stereocenters. The third kappa shape index (κ3) is 5.59. The van der Waals surface area contributed by atoms with Crippen LogP contribution in [0.3, 0.4) is 0 Å². The van der Waals surface area contributed by atoms with Gasteiger partial charge in [-0.15, -0.1) is 0 Å². The lowest BCUT2D eigenvalue weighted by atomic mass is 10.1. The monoisotopic (exact) mass is 367 g/mol. The second kappa shape index (κ2) is 9.58. The summed E-state index contributed by atoms with van der Waals surface area (Å²) in [5.41, 5.74) is 2.30. The molecule has 1 aliphatic carbocycles. The average molecular weight is 368 g/mol. The lowest BCUT2D eigenvalue weighted by molar-refractivity contribution is 0.617. The van der Waals surface area contributed by atoms with Gasteiger partial charge in [0.1, 0.15) is 17.5 Å². The van der Waals surface area contributed by atoms with E-state index in [4.69, 9.17) is 0 Å². The van der Waals surface area contributed by atoms with Gasteiger partial charge in [0.2, 0.25) is 0 Å². The zero-order valence-electron chi connectivity index (χ0n) is 17.0. The maximum atomic E-state index is 4.59. The highest BCUT2D eigenvalue weighted by molar-refractivity contribution is 5.62. The second-order valence-corrected chi connectivity index (χ2v) is 7.36. The zero-order valence-corrected chi connectivity index (χ0v) is 17.0. The SMILES string of the molecule is CCN(CC)c1ccc(Nc2cc(NC3CCCCCC3)nc(C)n2)cc1. The first-order valence-corrected chi connectivity index (χ1v) is 10.4. The molecule has 1 fully saturated rings. The number of nitrogens with zero attached hydrogens (tertiary/aromatic N) is 3. The Balaban J connectivity index is 1.68. The molecule has 0 amide bonds. The summed E-state index contributed by atoms with van der Waals surface area (Å²) in [5, 5.41) is 7.06. The summed E-state index contributed by atoms with van der Waals surface area (Å²) in [6.07, 6.45) is 7.81. The van der Waals surface area contributed by atoms with Crippen LogP contribution in [0.2, 0.25) is 0 Å². The predicted molar refractivity (Wildman–Crippen MR) is 115 cm³/mol. The smallest absolute Gasteiger partial charge is 0.136 e. The van der Waals surface area contributed by atoms with Crippen molar-refractivity contribution in [2.75, 3.05) is 28.6 Å². The van der Waals surface area contributed by atoms with E-state index in [0.717, 1.165) is 36.2 Å². The van der Waals surface area contributed by atoms with E-state index in [-0.39, 0.29) is 0 Å². The van der Waals surface area contributed by atoms with Crippen molar-refractivity contribution in [2.45, 2.75) is 65.3 Å². The van der Waals surface area contributed by atoms with Crippen molar-refractivity contribution in [3.8, 4) is 0 Å². The molecule has 5 heteroatoms. The van der Waals surface area contributed by atoms with E-state index in [2.05, 4.69) is 63.6 Å². The van der Waals surface area contributed by atoms with E-state index in [0.29, 0.717) is 6.04 Å². The average Bonchev–Trinajstić information content (AvgIpc) is 2.92. The highest BCUT2D eigenvalue weighted by atomic mass is 15.1. The second-order valence-electron chi connectivity index (χ2n) is 7.36. The maximum absolute atomic E-state index is 4.59. The molecule has 0 saturated heterocycles. The van der Waals surface area contributed by atoms with E-state index < -0.39 is 0 Å². The predicted octanol–water partition coefficient (Wildman–Crippen LogP) is 5.51. The van der Waals surface area contributed by atoms with Crippen molar-refractivity contribution >= 4 is 23.0 Å². The van der Waals surface area contributed by atoms with E-state index in [1.807, 2.05) is 13.0 Å². The molecule has 1 saturated carbocycles. The van der Waals surface area contributed by atoms with Gasteiger partial charge in [-0.2, -0.15) is 0 Å². The Hall–Kier alpha value is -2.30. The summed E-state index contributed by atoms with van der Waals surface area (Å²) in [6, 6.07) is 11.1. The van der Waals surface area contributed by atoms with E-state index in [1.54, 1.807) is 0 Å². The molecule has 1 aromatic carbocycles. The molecular formula is C22H33N5. The number of aryl methyl sites for hydroxylation is 1. The van der Waals surface area contributed by atoms with Crippen LogP contribution in [0.5, 0.6) is 0 Å². The molecule has 27 heavy (non-hydrogen) atoms. The molecule has 5 nitrogen and oxygen atoms in total. The van der Waals surface area contributed by atoms with Gasteiger partial charge >= 0.3 is 0 Å². The first-order chi connectivity index (χ1) is 13.2. The van der Waals surface area contributed by atoms with Gasteiger partial charge in [-0.3, -0.25) is 0 Å². The molecule has 0 atom stereocenters. The molecule has 0 spiro atoms. The van der Waals surface area contributed by atoms with Gasteiger partial charge in [0.25, 0.3) is 0 Å². The number of hydrogen-bond donors (Lipinski definition) is 2. The summed E-state index contributed by atoms with van der Waals surface area (Å²) >= 11 is 0. The minimum Gasteiger partial charge on any atom is -0.372 e. The first kappa shape index (κ1) is 19.5. The Kier molecular flexibility index (Phi) is 6.91. The van der Waals surface area contributed by atoms with Crippen LogP contribution in [0.25, 0.3) is 0 Å². The van der Waals surface area contributed by atoms with E-state index >= 15 is 0 Å². The van der Waals surface area contributed by atoms with Crippen LogP contribution >= 0.6 is 0 Å². The summed E-state index contributed by atoms with van der Waals surface area (Å²) in [7, 11) is 0. The molecule has 2 aromatic rings. The van der Waals surface area contributed by atoms with Crippen molar-refractivity contribution in [1.29, 1.82) is 0 Å². The highest BCUT2D eigenvalue weighted by Gasteiger charge is 2.13. The first-order valence-electron chi connectivity index (χ1n) is 10.4. The van der Waals surface area contributed by atoms with Crippen LogP contribution in [0, 0.1) is 6.92 Å². The summed E-state index contributed by atoms with van der Waals surface area (Å²) in [6.45, 7) is 8.35. The molecule has 0 bridgehead atoms. The van der Waals surface area contributed by atoms with Crippen LogP contribution in [-0.2, 0) is 0 Å². The Bertz CT molecular complexity index is 701. The molecular weight excluding hydrogens is 334 g/mol. The number of rotatable bonds is 7. The molecule has 1 aliphatic rings.